The Hall–Kier alpha value is -0.610. The zero-order valence-electron chi connectivity index (χ0n) is 4.20. The average Bonchev–Trinajstić information content (AvgIpc) is 2.14. The average molecular weight is 164 g/mol. The van der Waals surface area contributed by atoms with Gasteiger partial charge in [0.05, 0.1) is 9.26 Å². The van der Waals surface area contributed by atoms with Gasteiger partial charge in [0.25, 0.3) is 0 Å². The molecule has 5 heteroatoms. The minimum Gasteiger partial charge on any atom is -0.258 e. The molecule has 1 aromatic rings. The van der Waals surface area contributed by atoms with Crippen LogP contribution in [0.15, 0.2) is 12.1 Å². The summed E-state index contributed by atoms with van der Waals surface area (Å²) in [6.07, 6.45) is 0. The lowest BCUT2D eigenvalue weighted by atomic mass is 10.6. The molecule has 9 heavy (non-hydrogen) atoms. The second kappa shape index (κ2) is 2.33. The normalized spacial score (nSPS) is 9.44. The van der Waals surface area contributed by atoms with E-state index < -0.39 is 4.92 Å². The SMILES string of the molecule is O=[N+]([O-])c1ccc(Cl)s1. The summed E-state index contributed by atoms with van der Waals surface area (Å²) < 4.78 is 0.446. The summed E-state index contributed by atoms with van der Waals surface area (Å²) in [6.45, 7) is 0. The Morgan fingerprint density at radius 2 is 2.33 bits per heavy atom. The van der Waals surface area contributed by atoms with E-state index in [0.717, 1.165) is 11.3 Å². The summed E-state index contributed by atoms with van der Waals surface area (Å²) in [5.41, 5.74) is 0. The van der Waals surface area contributed by atoms with Crippen molar-refractivity contribution in [3.8, 4) is 0 Å². The molecule has 0 saturated carbocycles. The zero-order valence-corrected chi connectivity index (χ0v) is 5.78. The van der Waals surface area contributed by atoms with Gasteiger partial charge in [-0.2, -0.15) is 0 Å². The molecule has 1 aromatic heterocycles. The number of hydrogen-bond acceptors (Lipinski definition) is 3. The first-order valence-electron chi connectivity index (χ1n) is 2.10. The monoisotopic (exact) mass is 163 g/mol. The van der Waals surface area contributed by atoms with Crippen LogP contribution in [0.5, 0.6) is 0 Å². The molecule has 0 saturated heterocycles. The van der Waals surface area contributed by atoms with E-state index in [2.05, 4.69) is 0 Å². The van der Waals surface area contributed by atoms with Gasteiger partial charge in [0.2, 0.25) is 0 Å². The minimum absolute atomic E-state index is 0.0833. The number of thiophene rings is 1. The molecule has 1 rings (SSSR count). The van der Waals surface area contributed by atoms with Crippen LogP contribution in [0.3, 0.4) is 0 Å². The Morgan fingerprint density at radius 1 is 1.67 bits per heavy atom. The van der Waals surface area contributed by atoms with Crippen LogP contribution >= 0.6 is 22.9 Å². The van der Waals surface area contributed by atoms with E-state index in [-0.39, 0.29) is 5.00 Å². The fourth-order valence-corrected chi connectivity index (χ4v) is 1.25. The number of rotatable bonds is 1. The minimum atomic E-state index is -0.462. The van der Waals surface area contributed by atoms with Crippen LogP contribution in [0.4, 0.5) is 5.00 Å². The van der Waals surface area contributed by atoms with Crippen LogP contribution in [-0.2, 0) is 0 Å². The summed E-state index contributed by atoms with van der Waals surface area (Å²) in [6, 6.07) is 2.89. The number of nitro groups is 1. The van der Waals surface area contributed by atoms with E-state index in [0.29, 0.717) is 4.34 Å². The highest BCUT2D eigenvalue weighted by atomic mass is 35.5. The predicted octanol–water partition coefficient (Wildman–Crippen LogP) is 2.31. The Kier molecular flexibility index (Phi) is 1.68. The fourth-order valence-electron chi connectivity index (χ4n) is 0.403. The van der Waals surface area contributed by atoms with Crippen molar-refractivity contribution in [2.75, 3.05) is 0 Å². The van der Waals surface area contributed by atoms with Crippen molar-refractivity contribution in [1.82, 2.24) is 0 Å². The van der Waals surface area contributed by atoms with Crippen molar-refractivity contribution in [3.63, 3.8) is 0 Å². The fraction of sp³-hybridized carbons (Fsp3) is 0. The Labute approximate surface area is 60.0 Å². The molecule has 0 radical (unpaired) electrons. The molecular formula is C4H2ClNO2S. The molecule has 0 fully saturated rings. The summed E-state index contributed by atoms with van der Waals surface area (Å²) in [5.74, 6) is 0. The molecule has 0 atom stereocenters. The van der Waals surface area contributed by atoms with Crippen LogP contribution in [0, 0.1) is 10.1 Å². The lowest BCUT2D eigenvalue weighted by Crippen LogP contribution is -1.80. The highest BCUT2D eigenvalue weighted by molar-refractivity contribution is 7.19. The van der Waals surface area contributed by atoms with E-state index in [1.54, 1.807) is 0 Å². The first kappa shape index (κ1) is 6.51. The van der Waals surface area contributed by atoms with Gasteiger partial charge in [-0.15, -0.1) is 0 Å². The quantitative estimate of drug-likeness (QED) is 0.471. The third-order valence-electron chi connectivity index (χ3n) is 0.739. The molecule has 0 aliphatic rings. The lowest BCUT2D eigenvalue weighted by molar-refractivity contribution is -0.380. The summed E-state index contributed by atoms with van der Waals surface area (Å²) in [4.78, 5) is 9.51. The third-order valence-corrected chi connectivity index (χ3v) is 1.92. The van der Waals surface area contributed by atoms with Crippen molar-refractivity contribution >= 4 is 27.9 Å². The molecule has 0 amide bonds. The maximum atomic E-state index is 9.97. The van der Waals surface area contributed by atoms with Crippen molar-refractivity contribution in [2.45, 2.75) is 0 Å². The highest BCUT2D eigenvalue weighted by Gasteiger charge is 2.06. The zero-order chi connectivity index (χ0) is 6.85. The molecule has 0 aromatic carbocycles. The number of hydrogen-bond donors (Lipinski definition) is 0. The molecule has 0 spiro atoms. The number of nitrogens with zero attached hydrogens (tertiary/aromatic N) is 1. The Morgan fingerprint density at radius 3 is 2.56 bits per heavy atom. The second-order valence-corrected chi connectivity index (χ2v) is 3.03. The van der Waals surface area contributed by atoms with E-state index in [1.807, 2.05) is 0 Å². The van der Waals surface area contributed by atoms with Crippen LogP contribution in [0.1, 0.15) is 0 Å². The highest BCUT2D eigenvalue weighted by Crippen LogP contribution is 2.27. The molecule has 0 N–H and O–H groups in total. The summed E-state index contributed by atoms with van der Waals surface area (Å²) in [5, 5.41) is 10.1. The molecule has 0 aliphatic heterocycles. The van der Waals surface area contributed by atoms with Crippen molar-refractivity contribution in [1.29, 1.82) is 0 Å². The predicted molar refractivity (Wildman–Crippen MR) is 36.0 cm³/mol. The van der Waals surface area contributed by atoms with Gasteiger partial charge in [0.1, 0.15) is 0 Å². The van der Waals surface area contributed by atoms with Crippen molar-refractivity contribution < 1.29 is 4.92 Å². The van der Waals surface area contributed by atoms with E-state index in [9.17, 15) is 10.1 Å². The van der Waals surface area contributed by atoms with Gasteiger partial charge in [-0.1, -0.05) is 22.9 Å². The topological polar surface area (TPSA) is 43.1 Å². The van der Waals surface area contributed by atoms with E-state index in [1.165, 1.54) is 12.1 Å². The van der Waals surface area contributed by atoms with Gasteiger partial charge in [-0.05, 0) is 6.07 Å². The van der Waals surface area contributed by atoms with Gasteiger partial charge in [0.15, 0.2) is 0 Å². The van der Waals surface area contributed by atoms with Crippen LogP contribution in [0.25, 0.3) is 0 Å². The lowest BCUT2D eigenvalue weighted by Gasteiger charge is -1.77. The maximum absolute atomic E-state index is 9.97. The van der Waals surface area contributed by atoms with Crippen molar-refractivity contribution in [3.05, 3.63) is 26.6 Å². The first-order valence-corrected chi connectivity index (χ1v) is 3.29. The third kappa shape index (κ3) is 1.40. The smallest absolute Gasteiger partial charge is 0.258 e. The molecular weight excluding hydrogens is 162 g/mol. The van der Waals surface area contributed by atoms with Gasteiger partial charge in [-0.3, -0.25) is 10.1 Å². The van der Waals surface area contributed by atoms with E-state index >= 15 is 0 Å². The van der Waals surface area contributed by atoms with E-state index in [4.69, 9.17) is 11.6 Å². The Balaban J connectivity index is 2.98. The largest absolute Gasteiger partial charge is 0.325 e. The Bertz CT molecular complexity index is 234. The van der Waals surface area contributed by atoms with Gasteiger partial charge >= 0.3 is 5.00 Å². The maximum Gasteiger partial charge on any atom is 0.325 e. The first-order chi connectivity index (χ1) is 4.20. The van der Waals surface area contributed by atoms with Crippen molar-refractivity contribution in [2.24, 2.45) is 0 Å². The molecule has 48 valence electrons. The molecule has 0 unspecified atom stereocenters. The molecule has 0 bridgehead atoms. The van der Waals surface area contributed by atoms with Crippen LogP contribution in [0.2, 0.25) is 4.34 Å². The summed E-state index contributed by atoms with van der Waals surface area (Å²) in [7, 11) is 0. The summed E-state index contributed by atoms with van der Waals surface area (Å²) >= 11 is 6.38. The van der Waals surface area contributed by atoms with Crippen LogP contribution < -0.4 is 0 Å². The number of halogens is 1. The standard InChI is InChI=1S/C4H2ClNO2S/c5-3-1-2-4(9-3)6(7)8/h1-2H. The molecule has 1 heterocycles. The molecule has 0 aliphatic carbocycles. The molecule has 3 nitrogen and oxygen atoms in total. The van der Waals surface area contributed by atoms with Gasteiger partial charge in [0, 0.05) is 6.07 Å². The van der Waals surface area contributed by atoms with Crippen LogP contribution in [-0.4, -0.2) is 4.92 Å². The van der Waals surface area contributed by atoms with Gasteiger partial charge in [-0.25, -0.2) is 0 Å². The second-order valence-electron chi connectivity index (χ2n) is 1.33. The van der Waals surface area contributed by atoms with Gasteiger partial charge < -0.3 is 0 Å².